The van der Waals surface area contributed by atoms with Gasteiger partial charge in [0.05, 0.1) is 14.2 Å². The van der Waals surface area contributed by atoms with E-state index in [0.29, 0.717) is 29.4 Å². The smallest absolute Gasteiger partial charge is 0.142 e. The number of aliphatic hydroxyl groups excluding tert-OH is 1. The summed E-state index contributed by atoms with van der Waals surface area (Å²) in [7, 11) is 3.17. The van der Waals surface area contributed by atoms with E-state index in [0.717, 1.165) is 5.56 Å². The number of hydrogen-bond donors (Lipinski definition) is 1. The van der Waals surface area contributed by atoms with E-state index >= 15 is 0 Å². The first kappa shape index (κ1) is 16.1. The summed E-state index contributed by atoms with van der Waals surface area (Å²) in [5.41, 5.74) is 1.76. The molecule has 0 saturated heterocycles. The molecule has 2 aromatic carbocycles. The van der Waals surface area contributed by atoms with Gasteiger partial charge in [0, 0.05) is 24.5 Å². The number of hydrogen-bond acceptors (Lipinski definition) is 4. The minimum absolute atomic E-state index is 0.561. The molecule has 0 aliphatic heterocycles. The molecule has 0 amide bonds. The highest BCUT2D eigenvalue weighted by Crippen LogP contribution is 2.32. The molecule has 3 aromatic rings. The predicted molar refractivity (Wildman–Crippen MR) is 91.4 cm³/mol. The average Bonchev–Trinajstić information content (AvgIpc) is 3.09. The van der Waals surface area contributed by atoms with Crippen LogP contribution in [-0.4, -0.2) is 28.9 Å². The molecule has 5 heteroatoms. The minimum Gasteiger partial charge on any atom is -0.497 e. The Bertz CT molecular complexity index is 799. The Hall–Kier alpha value is -2.79. The van der Waals surface area contributed by atoms with E-state index in [2.05, 4.69) is 4.98 Å². The summed E-state index contributed by atoms with van der Waals surface area (Å²) in [4.78, 5) is 4.34. The fourth-order valence-electron chi connectivity index (χ4n) is 2.67. The number of ether oxygens (including phenoxy) is 2. The van der Waals surface area contributed by atoms with Crippen LogP contribution in [0.1, 0.15) is 23.1 Å². The molecule has 0 spiro atoms. The van der Waals surface area contributed by atoms with Gasteiger partial charge in [-0.15, -0.1) is 0 Å². The van der Waals surface area contributed by atoms with E-state index in [4.69, 9.17) is 9.47 Å². The van der Waals surface area contributed by atoms with Crippen molar-refractivity contribution < 1.29 is 14.6 Å². The third kappa shape index (κ3) is 3.26. The number of benzene rings is 2. The van der Waals surface area contributed by atoms with E-state index in [9.17, 15) is 5.11 Å². The lowest BCUT2D eigenvalue weighted by molar-refractivity contribution is 0.199. The Balaban J connectivity index is 1.94. The molecule has 0 aliphatic carbocycles. The van der Waals surface area contributed by atoms with Gasteiger partial charge in [0.2, 0.25) is 0 Å². The Labute approximate surface area is 141 Å². The Morgan fingerprint density at radius 3 is 2.58 bits per heavy atom. The molecule has 1 atom stereocenters. The average molecular weight is 324 g/mol. The summed E-state index contributed by atoms with van der Waals surface area (Å²) in [5.74, 6) is 1.81. The normalized spacial score (nSPS) is 12.0. The van der Waals surface area contributed by atoms with Gasteiger partial charge in [-0.05, 0) is 23.8 Å². The highest BCUT2D eigenvalue weighted by atomic mass is 16.5. The van der Waals surface area contributed by atoms with Gasteiger partial charge in [0.15, 0.2) is 0 Å². The molecular formula is C19H20N2O3. The van der Waals surface area contributed by atoms with E-state index in [1.165, 1.54) is 0 Å². The highest BCUT2D eigenvalue weighted by molar-refractivity contribution is 5.43. The number of aromatic nitrogens is 2. The first-order valence-electron chi connectivity index (χ1n) is 7.68. The highest BCUT2D eigenvalue weighted by Gasteiger charge is 2.21. The SMILES string of the molecule is COc1ccc(OC)c([C@H](O)c2nccn2Cc2ccccc2)c1. The molecule has 1 N–H and O–H groups in total. The van der Waals surface area contributed by atoms with Crippen molar-refractivity contribution in [3.05, 3.63) is 77.9 Å². The number of methoxy groups -OCH3 is 2. The summed E-state index contributed by atoms with van der Waals surface area (Å²) in [6.07, 6.45) is 2.64. The lowest BCUT2D eigenvalue weighted by Crippen LogP contribution is -2.11. The van der Waals surface area contributed by atoms with Gasteiger partial charge in [0.25, 0.3) is 0 Å². The molecule has 0 fully saturated rings. The lowest BCUT2D eigenvalue weighted by Gasteiger charge is -2.17. The summed E-state index contributed by atoms with van der Waals surface area (Å²) in [6.45, 7) is 0.638. The molecule has 0 radical (unpaired) electrons. The monoisotopic (exact) mass is 324 g/mol. The fraction of sp³-hybridized carbons (Fsp3) is 0.211. The molecule has 1 aromatic heterocycles. The zero-order chi connectivity index (χ0) is 16.9. The maximum absolute atomic E-state index is 10.9. The van der Waals surface area contributed by atoms with Gasteiger partial charge < -0.3 is 19.1 Å². The van der Waals surface area contributed by atoms with E-state index in [1.54, 1.807) is 38.6 Å². The van der Waals surface area contributed by atoms with Crippen molar-refractivity contribution in [3.8, 4) is 11.5 Å². The fourth-order valence-corrected chi connectivity index (χ4v) is 2.67. The molecule has 1 heterocycles. The van der Waals surface area contributed by atoms with Crippen LogP contribution in [0.3, 0.4) is 0 Å². The standard InChI is InChI=1S/C19H20N2O3/c1-23-15-8-9-17(24-2)16(12-15)18(22)19-20-10-11-21(19)13-14-6-4-3-5-7-14/h3-12,18,22H,13H2,1-2H3/t18-/m0/s1. The number of aliphatic hydroxyl groups is 1. The topological polar surface area (TPSA) is 56.5 Å². The Kier molecular flexibility index (Phi) is 4.82. The maximum Gasteiger partial charge on any atom is 0.142 e. The summed E-state index contributed by atoms with van der Waals surface area (Å²) < 4.78 is 12.6. The summed E-state index contributed by atoms with van der Waals surface area (Å²) in [6, 6.07) is 15.4. The Morgan fingerprint density at radius 1 is 1.08 bits per heavy atom. The Morgan fingerprint density at radius 2 is 1.88 bits per heavy atom. The van der Waals surface area contributed by atoms with E-state index in [1.807, 2.05) is 41.1 Å². The molecule has 3 rings (SSSR count). The molecule has 0 aliphatic rings. The van der Waals surface area contributed by atoms with Crippen LogP contribution in [0.5, 0.6) is 11.5 Å². The predicted octanol–water partition coefficient (Wildman–Crippen LogP) is 3.03. The van der Waals surface area contributed by atoms with Crippen LogP contribution in [0.2, 0.25) is 0 Å². The maximum atomic E-state index is 10.9. The molecular weight excluding hydrogens is 304 g/mol. The van der Waals surface area contributed by atoms with Crippen molar-refractivity contribution in [2.45, 2.75) is 12.6 Å². The largest absolute Gasteiger partial charge is 0.497 e. The molecule has 24 heavy (non-hydrogen) atoms. The number of nitrogens with zero attached hydrogens (tertiary/aromatic N) is 2. The van der Waals surface area contributed by atoms with Gasteiger partial charge in [-0.1, -0.05) is 30.3 Å². The van der Waals surface area contributed by atoms with Gasteiger partial charge in [-0.2, -0.15) is 0 Å². The second-order valence-corrected chi connectivity index (χ2v) is 5.41. The zero-order valence-electron chi connectivity index (χ0n) is 13.7. The minimum atomic E-state index is -0.909. The van der Waals surface area contributed by atoms with Crippen LogP contribution in [0.25, 0.3) is 0 Å². The van der Waals surface area contributed by atoms with Gasteiger partial charge >= 0.3 is 0 Å². The van der Waals surface area contributed by atoms with Crippen LogP contribution in [-0.2, 0) is 6.54 Å². The first-order chi connectivity index (χ1) is 11.7. The van der Waals surface area contributed by atoms with Crippen molar-refractivity contribution in [2.75, 3.05) is 14.2 Å². The van der Waals surface area contributed by atoms with Gasteiger partial charge in [-0.3, -0.25) is 0 Å². The molecule has 0 bridgehead atoms. The van der Waals surface area contributed by atoms with Crippen molar-refractivity contribution >= 4 is 0 Å². The second kappa shape index (κ2) is 7.19. The molecule has 124 valence electrons. The third-order valence-electron chi connectivity index (χ3n) is 3.92. The first-order valence-corrected chi connectivity index (χ1v) is 7.68. The second-order valence-electron chi connectivity index (χ2n) is 5.41. The lowest BCUT2D eigenvalue weighted by atomic mass is 10.1. The molecule has 0 unspecified atom stereocenters. The summed E-state index contributed by atoms with van der Waals surface area (Å²) in [5, 5.41) is 10.9. The quantitative estimate of drug-likeness (QED) is 0.757. The van der Waals surface area contributed by atoms with Crippen molar-refractivity contribution in [1.82, 2.24) is 9.55 Å². The summed E-state index contributed by atoms with van der Waals surface area (Å²) >= 11 is 0. The van der Waals surface area contributed by atoms with Crippen molar-refractivity contribution in [3.63, 3.8) is 0 Å². The zero-order valence-corrected chi connectivity index (χ0v) is 13.7. The molecule has 0 saturated carbocycles. The third-order valence-corrected chi connectivity index (χ3v) is 3.92. The van der Waals surface area contributed by atoms with Crippen LogP contribution in [0.15, 0.2) is 60.9 Å². The van der Waals surface area contributed by atoms with Crippen LogP contribution in [0.4, 0.5) is 0 Å². The van der Waals surface area contributed by atoms with Crippen molar-refractivity contribution in [1.29, 1.82) is 0 Å². The van der Waals surface area contributed by atoms with E-state index in [-0.39, 0.29) is 0 Å². The van der Waals surface area contributed by atoms with Gasteiger partial charge in [0.1, 0.15) is 23.4 Å². The number of imidazole rings is 1. The van der Waals surface area contributed by atoms with Crippen LogP contribution >= 0.6 is 0 Å². The van der Waals surface area contributed by atoms with E-state index < -0.39 is 6.10 Å². The van der Waals surface area contributed by atoms with Crippen LogP contribution in [0, 0.1) is 0 Å². The molecule has 5 nitrogen and oxygen atoms in total. The van der Waals surface area contributed by atoms with Crippen molar-refractivity contribution in [2.24, 2.45) is 0 Å². The number of rotatable bonds is 6. The van der Waals surface area contributed by atoms with Gasteiger partial charge in [-0.25, -0.2) is 4.98 Å². The van der Waals surface area contributed by atoms with Crippen LogP contribution < -0.4 is 9.47 Å².